The van der Waals surface area contributed by atoms with E-state index in [2.05, 4.69) is 15.3 Å². The summed E-state index contributed by atoms with van der Waals surface area (Å²) in [6.07, 6.45) is 5.06. The largest absolute Gasteiger partial charge is 0.477 e. The Balaban J connectivity index is 1.74. The second-order valence-corrected chi connectivity index (χ2v) is 7.12. The highest BCUT2D eigenvalue weighted by Gasteiger charge is 2.55. The molecule has 3 atom stereocenters. The van der Waals surface area contributed by atoms with Gasteiger partial charge in [0.25, 0.3) is 0 Å². The summed E-state index contributed by atoms with van der Waals surface area (Å²) in [6, 6.07) is 0. The van der Waals surface area contributed by atoms with Crippen LogP contribution in [0.1, 0.15) is 0 Å². The van der Waals surface area contributed by atoms with E-state index in [0.29, 0.717) is 18.8 Å². The predicted molar refractivity (Wildman–Crippen MR) is 86.6 cm³/mol. The quantitative estimate of drug-likeness (QED) is 0.287. The zero-order valence-corrected chi connectivity index (χ0v) is 13.4. The number of hydrogen-bond acceptors (Lipinski definition) is 8. The summed E-state index contributed by atoms with van der Waals surface area (Å²) >= 11 is 2.72. The van der Waals surface area contributed by atoms with Gasteiger partial charge < -0.3 is 10.4 Å². The normalized spacial score (nSPS) is 27.0. The topological polar surface area (TPSA) is 115 Å². The molecular weight excluding hydrogens is 342 g/mol. The first-order valence-electron chi connectivity index (χ1n) is 6.66. The monoisotopic (exact) mass is 355 g/mol. The van der Waals surface area contributed by atoms with E-state index < -0.39 is 17.3 Å². The third-order valence-corrected chi connectivity index (χ3v) is 5.82. The molecule has 0 aromatic heterocycles. The van der Waals surface area contributed by atoms with E-state index in [1.807, 2.05) is 0 Å². The van der Waals surface area contributed by atoms with Gasteiger partial charge in [-0.2, -0.15) is 0 Å². The highest BCUT2D eigenvalue weighted by molar-refractivity contribution is 8.00. The zero-order valence-electron chi connectivity index (χ0n) is 11.7. The Morgan fingerprint density at radius 2 is 2.43 bits per heavy atom. The SMILES string of the molecule is O=CNC(SN1C=NC=NC1)C1C(=O)N2C(C(=O)O)=CCS[C@@H]12. The smallest absolute Gasteiger partial charge is 0.352 e. The van der Waals surface area contributed by atoms with Crippen LogP contribution >= 0.6 is 23.7 Å². The van der Waals surface area contributed by atoms with Crippen LogP contribution in [-0.2, 0) is 14.4 Å². The van der Waals surface area contributed by atoms with Crippen LogP contribution in [-0.4, -0.2) is 68.4 Å². The Bertz CT molecular complexity index is 623. The molecule has 0 aromatic carbocycles. The fourth-order valence-corrected chi connectivity index (χ4v) is 4.94. The molecule has 3 rings (SSSR count). The summed E-state index contributed by atoms with van der Waals surface area (Å²) in [5.41, 5.74) is 0.00832. The molecule has 3 heterocycles. The number of carbonyl (C=O) groups is 3. The Morgan fingerprint density at radius 1 is 1.61 bits per heavy atom. The summed E-state index contributed by atoms with van der Waals surface area (Å²) in [5, 5.41) is 11.0. The minimum atomic E-state index is -1.12. The van der Waals surface area contributed by atoms with E-state index in [0.717, 1.165) is 0 Å². The minimum absolute atomic E-state index is 0.00832. The molecule has 1 saturated heterocycles. The van der Waals surface area contributed by atoms with E-state index in [-0.39, 0.29) is 17.0 Å². The molecule has 0 radical (unpaired) electrons. The molecule has 1 fully saturated rings. The maximum Gasteiger partial charge on any atom is 0.352 e. The van der Waals surface area contributed by atoms with E-state index >= 15 is 0 Å². The van der Waals surface area contributed by atoms with Gasteiger partial charge in [-0.15, -0.1) is 11.8 Å². The average molecular weight is 355 g/mol. The van der Waals surface area contributed by atoms with Crippen LogP contribution in [0, 0.1) is 5.92 Å². The first-order chi connectivity index (χ1) is 11.1. The van der Waals surface area contributed by atoms with Crippen LogP contribution in [0.2, 0.25) is 0 Å². The van der Waals surface area contributed by atoms with Gasteiger partial charge in [0, 0.05) is 5.75 Å². The molecule has 9 nitrogen and oxygen atoms in total. The molecule has 11 heteroatoms. The Labute approximate surface area is 140 Å². The van der Waals surface area contributed by atoms with Crippen molar-refractivity contribution in [2.75, 3.05) is 12.4 Å². The van der Waals surface area contributed by atoms with Crippen molar-refractivity contribution in [3.8, 4) is 0 Å². The molecule has 3 aliphatic heterocycles. The number of carboxylic acid groups (broad SMARTS) is 1. The van der Waals surface area contributed by atoms with Crippen molar-refractivity contribution in [3.63, 3.8) is 0 Å². The number of amides is 2. The third kappa shape index (κ3) is 2.93. The summed E-state index contributed by atoms with van der Waals surface area (Å²) in [4.78, 5) is 43.7. The van der Waals surface area contributed by atoms with Crippen molar-refractivity contribution < 1.29 is 19.5 Å². The molecule has 0 bridgehead atoms. The summed E-state index contributed by atoms with van der Waals surface area (Å²) in [5.74, 6) is -1.41. The van der Waals surface area contributed by atoms with Gasteiger partial charge in [0.05, 0.1) is 5.37 Å². The van der Waals surface area contributed by atoms with Crippen molar-refractivity contribution in [3.05, 3.63) is 11.8 Å². The highest BCUT2D eigenvalue weighted by Crippen LogP contribution is 2.45. The minimum Gasteiger partial charge on any atom is -0.477 e. The number of nitrogens with one attached hydrogen (secondary N) is 1. The van der Waals surface area contributed by atoms with Crippen molar-refractivity contribution in [1.29, 1.82) is 0 Å². The molecule has 23 heavy (non-hydrogen) atoms. The molecule has 122 valence electrons. The lowest BCUT2D eigenvalue weighted by Gasteiger charge is -2.50. The molecule has 0 spiro atoms. The zero-order chi connectivity index (χ0) is 16.4. The average Bonchev–Trinajstić information content (AvgIpc) is 2.55. The summed E-state index contributed by atoms with van der Waals surface area (Å²) < 4.78 is 1.71. The molecule has 2 amide bonds. The first-order valence-corrected chi connectivity index (χ1v) is 8.55. The first kappa shape index (κ1) is 15.9. The van der Waals surface area contributed by atoms with Crippen molar-refractivity contribution >= 4 is 54.7 Å². The number of rotatable bonds is 6. The molecule has 0 aromatic rings. The number of nitrogens with zero attached hydrogens (tertiary/aromatic N) is 4. The van der Waals surface area contributed by atoms with Crippen LogP contribution in [0.3, 0.4) is 0 Å². The van der Waals surface area contributed by atoms with Gasteiger partial charge in [-0.1, -0.05) is 0 Å². The molecule has 2 unspecified atom stereocenters. The Hall–Kier alpha value is -2.01. The van der Waals surface area contributed by atoms with Gasteiger partial charge in [0.2, 0.25) is 12.3 Å². The molecular formula is C12H13N5O4S2. The van der Waals surface area contributed by atoms with Crippen LogP contribution in [0.4, 0.5) is 0 Å². The van der Waals surface area contributed by atoms with E-state index in [1.165, 1.54) is 41.0 Å². The van der Waals surface area contributed by atoms with E-state index in [9.17, 15) is 19.5 Å². The standard InChI is InChI=1S/C12H13N5O4S2/c18-6-15-9(23-16-4-13-3-14-5-16)8-10(19)17-7(12(20)21)1-2-22-11(8)17/h1,3-4,6,8-9,11H,2,5H2,(H,15,18)(H,20,21)/t8?,9?,11-/m0/s1. The Morgan fingerprint density at radius 3 is 3.09 bits per heavy atom. The van der Waals surface area contributed by atoms with Gasteiger partial charge in [0.1, 0.15) is 36.3 Å². The lowest BCUT2D eigenvalue weighted by Crippen LogP contribution is -2.66. The second kappa shape index (κ2) is 6.62. The van der Waals surface area contributed by atoms with E-state index in [4.69, 9.17) is 0 Å². The summed E-state index contributed by atoms with van der Waals surface area (Å²) in [6.45, 7) is 0.369. The van der Waals surface area contributed by atoms with Crippen molar-refractivity contribution in [2.24, 2.45) is 15.9 Å². The fraction of sp³-hybridized carbons (Fsp3) is 0.417. The fourth-order valence-electron chi connectivity index (χ4n) is 2.49. The number of aliphatic carboxylic acids is 1. The van der Waals surface area contributed by atoms with Gasteiger partial charge >= 0.3 is 5.97 Å². The Kier molecular flexibility index (Phi) is 4.57. The maximum absolute atomic E-state index is 12.4. The molecule has 2 N–H and O–H groups in total. The van der Waals surface area contributed by atoms with Crippen LogP contribution in [0.25, 0.3) is 0 Å². The van der Waals surface area contributed by atoms with Crippen LogP contribution in [0.5, 0.6) is 0 Å². The molecule has 0 saturated carbocycles. The van der Waals surface area contributed by atoms with Crippen molar-refractivity contribution in [2.45, 2.75) is 10.7 Å². The lowest BCUT2D eigenvalue weighted by molar-refractivity contribution is -0.152. The van der Waals surface area contributed by atoms with Crippen molar-refractivity contribution in [1.82, 2.24) is 14.5 Å². The van der Waals surface area contributed by atoms with Gasteiger partial charge in [-0.05, 0) is 18.0 Å². The third-order valence-electron chi connectivity index (χ3n) is 3.48. The van der Waals surface area contributed by atoms with E-state index in [1.54, 1.807) is 10.6 Å². The number of thioether (sulfide) groups is 1. The van der Waals surface area contributed by atoms with Gasteiger partial charge in [-0.25, -0.2) is 9.79 Å². The number of aliphatic imine (C=N–C) groups is 2. The molecule has 3 aliphatic rings. The van der Waals surface area contributed by atoms with Crippen LogP contribution in [0.15, 0.2) is 21.8 Å². The van der Waals surface area contributed by atoms with Gasteiger partial charge in [-0.3, -0.25) is 23.8 Å². The number of hydrogen-bond donors (Lipinski definition) is 2. The highest BCUT2D eigenvalue weighted by atomic mass is 32.2. The lowest BCUT2D eigenvalue weighted by atomic mass is 9.96. The second-order valence-electron chi connectivity index (χ2n) is 4.78. The molecule has 0 aliphatic carbocycles. The number of carbonyl (C=O) groups excluding carboxylic acids is 2. The van der Waals surface area contributed by atoms with Gasteiger partial charge in [0.15, 0.2) is 0 Å². The number of β-lactam (4-membered cyclic amide) rings is 1. The van der Waals surface area contributed by atoms with Crippen LogP contribution < -0.4 is 5.32 Å². The predicted octanol–water partition coefficient (Wildman–Crippen LogP) is -0.464. The number of fused-ring (bicyclic) bond motifs is 1. The number of carboxylic acids is 1. The summed E-state index contributed by atoms with van der Waals surface area (Å²) in [7, 11) is 0. The maximum atomic E-state index is 12.4.